The average molecular weight is 1590 g/mol. The minimum Gasteiger partial charge on any atom is -0.374 e. The van der Waals surface area contributed by atoms with E-state index in [0.717, 1.165) is 0 Å². The fourth-order valence-electron chi connectivity index (χ4n) is 12.2. The Hall–Kier alpha value is 2.35. The van der Waals surface area contributed by atoms with Crippen molar-refractivity contribution in [2.45, 2.75) is 316 Å². The molecule has 0 unspecified atom stereocenters. The van der Waals surface area contributed by atoms with Crippen molar-refractivity contribution in [3.63, 3.8) is 0 Å². The third-order valence-electron chi connectivity index (χ3n) is 11.3. The number of hydrogen-bond donors (Lipinski definition) is 0. The molecule has 0 aromatic carbocycles. The van der Waals surface area contributed by atoms with Gasteiger partial charge in [-0.2, -0.15) is 0 Å². The smallest absolute Gasteiger partial charge is 0.374 e. The van der Waals surface area contributed by atoms with Gasteiger partial charge in [-0.25, -0.2) is 0 Å². The van der Waals surface area contributed by atoms with Crippen LogP contribution >= 0.6 is 0 Å². The van der Waals surface area contributed by atoms with Crippen molar-refractivity contribution in [3.05, 3.63) is 0 Å². The van der Waals surface area contributed by atoms with Gasteiger partial charge < -0.3 is 118 Å². The minimum atomic E-state index is -3.84. The van der Waals surface area contributed by atoms with Crippen LogP contribution in [0.4, 0.5) is 0 Å². The van der Waals surface area contributed by atoms with Crippen molar-refractivity contribution >= 4 is 141 Å². The zero-order valence-corrected chi connectivity index (χ0v) is 79.4. The molecule has 0 N–H and O–H groups in total. The molecule has 0 radical (unpaired) electrons. The Morgan fingerprint density at radius 3 is 0.272 bits per heavy atom. The molecule has 0 aliphatic carbocycles. The summed E-state index contributed by atoms with van der Waals surface area (Å²) in [4.78, 5) is 0. The van der Waals surface area contributed by atoms with Gasteiger partial charge in [0.2, 0.25) is 0 Å². The third-order valence-corrected chi connectivity index (χ3v) is 78.5. The second kappa shape index (κ2) is 26.2. The fourth-order valence-corrected chi connectivity index (χ4v) is 95.0. The van der Waals surface area contributed by atoms with Crippen molar-refractivity contribution in [3.8, 4) is 0 Å². The molecule has 6 saturated heterocycles. The highest BCUT2D eigenvalue weighted by atomic mass is 28.6. The Labute approximate surface area is 570 Å². The zero-order chi connectivity index (χ0) is 71.8. The van der Waals surface area contributed by atoms with E-state index in [1.54, 1.807) is 105 Å². The summed E-state index contributed by atoms with van der Waals surface area (Å²) in [6.45, 7) is 74.6. The van der Waals surface area contributed by atoms with E-state index >= 15 is 0 Å². The molecule has 6 rings (SSSR count). The van der Waals surface area contributed by atoms with Crippen molar-refractivity contribution in [1.29, 1.82) is 0 Å². The Morgan fingerprint density at radius 1 is 0.130 bits per heavy atom. The zero-order valence-electron chi connectivity index (χ0n) is 63.4. The highest BCUT2D eigenvalue weighted by molar-refractivity contribution is 6.99. The van der Waals surface area contributed by atoms with E-state index in [1.165, 1.54) is 0 Å². The van der Waals surface area contributed by atoms with Crippen molar-refractivity contribution < 1.29 is 118 Å². The molecular weight excluding hydrogens is 1470 g/mol. The van der Waals surface area contributed by atoms with Crippen molar-refractivity contribution in [2.75, 3.05) is 0 Å². The van der Waals surface area contributed by atoms with E-state index in [-0.39, 0.29) is 0 Å². The fraction of sp³-hybridized carbons (Fsp3) is 1.00. The summed E-state index contributed by atoms with van der Waals surface area (Å²) >= 11 is 0. The molecule has 6 heterocycles. The van der Waals surface area contributed by atoms with E-state index in [2.05, 4.69) is 0 Å². The summed E-state index contributed by atoms with van der Waals surface area (Å²) < 4.78 is 189. The van der Waals surface area contributed by atoms with Crippen LogP contribution in [-0.4, -0.2) is 186 Å². The summed E-state index contributed by atoms with van der Waals surface area (Å²) in [5.41, 5.74) is -5.14. The number of hydrogen-bond acceptors (Lipinski definition) is 28. The highest BCUT2D eigenvalue weighted by Gasteiger charge is 2.76. The van der Waals surface area contributed by atoms with Crippen LogP contribution in [0.15, 0.2) is 0 Å². The molecule has 0 aromatic heterocycles. The van der Waals surface area contributed by atoms with Crippen molar-refractivity contribution in [1.82, 2.24) is 0 Å². The Kier molecular flexibility index (Phi) is 24.2. The van der Waals surface area contributed by atoms with Crippen LogP contribution < -0.4 is 0 Å². The van der Waals surface area contributed by atoms with E-state index < -0.39 is 186 Å². The third kappa shape index (κ3) is 26.6. The largest absolute Gasteiger partial charge is 0.483 e. The van der Waals surface area contributed by atoms with Crippen LogP contribution in [0.2, 0.25) is 105 Å². The van der Waals surface area contributed by atoms with Crippen LogP contribution in [0, 0.1) is 0 Å². The quantitative estimate of drug-likeness (QED) is 0.205. The summed E-state index contributed by atoms with van der Waals surface area (Å²) in [6, 6.07) is 0. The van der Waals surface area contributed by atoms with Gasteiger partial charge in [0, 0.05) is 105 Å². The Balaban J connectivity index is 0.000000334. The first kappa shape index (κ1) is 85.0. The molecule has 6 fully saturated rings. The van der Waals surface area contributed by atoms with Gasteiger partial charge in [0.05, 0.1) is 44.8 Å². The molecular formula is C48H120O28Si16. The van der Waals surface area contributed by atoms with Gasteiger partial charge in [0.25, 0.3) is 0 Å². The molecule has 0 saturated carbocycles. The van der Waals surface area contributed by atoms with Gasteiger partial charge in [0.15, 0.2) is 0 Å². The summed E-state index contributed by atoms with van der Waals surface area (Å²) in [5, 5.41) is 0. The van der Waals surface area contributed by atoms with Gasteiger partial charge in [0.1, 0.15) is 0 Å². The van der Waals surface area contributed by atoms with E-state index in [4.69, 9.17) is 118 Å². The molecule has 544 valence electrons. The molecule has 0 spiro atoms. The minimum absolute atomic E-state index is 0.642. The molecule has 6 aliphatic heterocycles. The molecule has 92 heavy (non-hydrogen) atoms. The van der Waals surface area contributed by atoms with Gasteiger partial charge in [-0.15, -0.1) is 0 Å². The summed E-state index contributed by atoms with van der Waals surface area (Å²) in [7, 11) is -59.8. The van der Waals surface area contributed by atoms with Crippen LogP contribution in [0.5, 0.6) is 0 Å². The SMILES string of the molecule is CC(C)(C)O[Si@@]1(C)O[Si@](C)(OC(C)(C)C)O[Si@]2(C)O[Si@](C)(O1)O[Si@@]1(C)O[Si@](C)(OC(C)(C)C)O[Si@@](C)(OC(C)(C)C)O[Si@@](C)(O2)O1.CC(C)(C)O[Si@@]1(C)O[Si@](C)(OC(C)(C)C)O[Si@]2(C)O[Si@](C)(O1)O[Si@@]1(C)O[Si@](C)(OC(C)(C)C)O[Si@@](C)(OC(C)(C)C)O[Si@@](C)(O2)O1. The van der Waals surface area contributed by atoms with Gasteiger partial charge in [-0.1, -0.05) is 0 Å². The molecule has 16 atom stereocenters. The summed E-state index contributed by atoms with van der Waals surface area (Å²) in [6.07, 6.45) is 0. The number of fused-ring (bicyclic) bond motifs is 8. The molecule has 44 heteroatoms. The van der Waals surface area contributed by atoms with E-state index in [9.17, 15) is 0 Å². The monoisotopic (exact) mass is 1590 g/mol. The van der Waals surface area contributed by atoms with Crippen LogP contribution in [-0.2, 0) is 118 Å². The average Bonchev–Trinajstić information content (AvgIpc) is 3.04. The van der Waals surface area contributed by atoms with Gasteiger partial charge in [-0.3, -0.25) is 0 Å². The van der Waals surface area contributed by atoms with Crippen LogP contribution in [0.3, 0.4) is 0 Å². The molecule has 28 nitrogen and oxygen atoms in total. The molecule has 8 bridgehead atoms. The number of rotatable bonds is 8. The second-order valence-electron chi connectivity index (χ2n) is 33.6. The summed E-state index contributed by atoms with van der Waals surface area (Å²) in [5.74, 6) is 0. The molecule has 6 aliphatic rings. The Morgan fingerprint density at radius 2 is 0.207 bits per heavy atom. The molecule has 0 aromatic rings. The van der Waals surface area contributed by atoms with Gasteiger partial charge >= 0.3 is 141 Å². The molecule has 0 amide bonds. The lowest BCUT2D eigenvalue weighted by atomic mass is 10.2. The first-order valence-electron chi connectivity index (χ1n) is 31.4. The van der Waals surface area contributed by atoms with E-state index in [1.807, 2.05) is 166 Å². The maximum absolute atomic E-state index is 6.88. The normalized spacial score (nSPS) is 45.1. The predicted octanol–water partition coefficient (Wildman–Crippen LogP) is 12.0. The maximum Gasteiger partial charge on any atom is 0.483 e. The van der Waals surface area contributed by atoms with Crippen LogP contribution in [0.1, 0.15) is 166 Å². The van der Waals surface area contributed by atoms with Crippen LogP contribution in [0.25, 0.3) is 0 Å². The van der Waals surface area contributed by atoms with Crippen molar-refractivity contribution in [2.24, 2.45) is 0 Å². The predicted molar refractivity (Wildman–Crippen MR) is 374 cm³/mol. The van der Waals surface area contributed by atoms with E-state index in [0.29, 0.717) is 0 Å². The lowest BCUT2D eigenvalue weighted by Gasteiger charge is -2.55. The lowest BCUT2D eigenvalue weighted by molar-refractivity contribution is -0.0427. The maximum atomic E-state index is 6.88. The first-order chi connectivity index (χ1) is 39.8. The second-order valence-corrected chi connectivity index (χ2v) is 79.1. The van der Waals surface area contributed by atoms with Gasteiger partial charge in [-0.05, 0) is 166 Å². The topological polar surface area (TPSA) is 258 Å². The lowest BCUT2D eigenvalue weighted by Crippen LogP contribution is -2.80. The highest BCUT2D eigenvalue weighted by Crippen LogP contribution is 2.47. The Bertz CT molecular complexity index is 2110. The standard InChI is InChI=1S/2C24H60O14Si8/c2*1-21(2,3)25-39(13)29-40(14,26-22(4,5)6)32-44(18)35-43(17,31-39)37-45(19)33-41(15,27-23(7,8)9)30-42(16,28-24(10,11)12)34-46(20,36-45)38-44/h2*1-20H3/t2*39-,40-,41+,42+,43-,44+,45-,46+. The first-order valence-corrected chi connectivity index (χ1v) is 67.0.